The topological polar surface area (TPSA) is 35.5 Å². The molecule has 0 radical (unpaired) electrons. The highest BCUT2D eigenvalue weighted by molar-refractivity contribution is 5.79. The quantitative estimate of drug-likeness (QED) is 0.582. The summed E-state index contributed by atoms with van der Waals surface area (Å²) in [6.07, 6.45) is 1.69. The van der Waals surface area contributed by atoms with Crippen molar-refractivity contribution in [2.24, 2.45) is 5.41 Å². The van der Waals surface area contributed by atoms with E-state index < -0.39 is 0 Å². The predicted molar refractivity (Wildman–Crippen MR) is 42.7 cm³/mol. The predicted octanol–water partition coefficient (Wildman–Crippen LogP) is 1.12. The fraction of sp³-hybridized carbons (Fsp3) is 0.889. The monoisotopic (exact) mass is 170 g/mol. The van der Waals surface area contributed by atoms with E-state index in [1.807, 2.05) is 6.92 Å². The first-order valence-electron chi connectivity index (χ1n) is 4.41. The van der Waals surface area contributed by atoms with Crippen molar-refractivity contribution in [2.45, 2.75) is 32.3 Å². The minimum Gasteiger partial charge on any atom is -0.465 e. The molecule has 0 unspecified atom stereocenters. The molecule has 2 saturated heterocycles. The van der Waals surface area contributed by atoms with Crippen LogP contribution in [0.5, 0.6) is 0 Å². The lowest BCUT2D eigenvalue weighted by atomic mass is 9.63. The van der Waals surface area contributed by atoms with Gasteiger partial charge in [0, 0.05) is 0 Å². The summed E-state index contributed by atoms with van der Waals surface area (Å²) < 4.78 is 10.5. The highest BCUT2D eigenvalue weighted by Gasteiger charge is 2.64. The number of fused-ring (bicyclic) bond motifs is 1. The summed E-state index contributed by atoms with van der Waals surface area (Å²) in [6, 6.07) is 0. The average Bonchev–Trinajstić information content (AvgIpc) is 2.42. The maximum absolute atomic E-state index is 11.4. The zero-order valence-corrected chi connectivity index (χ0v) is 7.55. The van der Waals surface area contributed by atoms with Crippen LogP contribution in [0.25, 0.3) is 0 Å². The highest BCUT2D eigenvalue weighted by atomic mass is 16.6. The molecule has 0 aromatic rings. The number of esters is 1. The van der Waals surface area contributed by atoms with E-state index in [2.05, 4.69) is 6.92 Å². The minimum atomic E-state index is -0.273. The van der Waals surface area contributed by atoms with Crippen LogP contribution in [0.2, 0.25) is 0 Å². The van der Waals surface area contributed by atoms with Gasteiger partial charge in [-0.25, -0.2) is 0 Å². The Balaban J connectivity index is 2.03. The van der Waals surface area contributed by atoms with Crippen molar-refractivity contribution in [2.75, 3.05) is 13.2 Å². The van der Waals surface area contributed by atoms with Crippen LogP contribution >= 0.6 is 0 Å². The van der Waals surface area contributed by atoms with E-state index in [1.54, 1.807) is 0 Å². The minimum absolute atomic E-state index is 0.0211. The summed E-state index contributed by atoms with van der Waals surface area (Å²) in [6.45, 7) is 4.92. The molecule has 12 heavy (non-hydrogen) atoms. The standard InChI is InChI=1S/C9H14O3/c1-3-11-7(10)9-4-8(2,5-9)12-6-9/h3-6H2,1-2H3. The second-order valence-corrected chi connectivity index (χ2v) is 4.09. The molecular formula is C9H14O3. The van der Waals surface area contributed by atoms with Crippen LogP contribution in [0.1, 0.15) is 26.7 Å². The summed E-state index contributed by atoms with van der Waals surface area (Å²) in [5.74, 6) is -0.0695. The fourth-order valence-electron chi connectivity index (χ4n) is 2.38. The lowest BCUT2D eigenvalue weighted by Gasteiger charge is -2.39. The summed E-state index contributed by atoms with van der Waals surface area (Å²) >= 11 is 0. The van der Waals surface area contributed by atoms with Crippen LogP contribution in [0.15, 0.2) is 0 Å². The highest BCUT2D eigenvalue weighted by Crippen LogP contribution is 2.58. The SMILES string of the molecule is CCOC(=O)C12COC(C)(C1)C2. The van der Waals surface area contributed by atoms with Gasteiger partial charge in [0.1, 0.15) is 0 Å². The average molecular weight is 170 g/mol. The number of ether oxygens (including phenoxy) is 2. The van der Waals surface area contributed by atoms with Crippen molar-refractivity contribution < 1.29 is 14.3 Å². The first-order valence-corrected chi connectivity index (χ1v) is 4.41. The van der Waals surface area contributed by atoms with Gasteiger partial charge in [0.25, 0.3) is 0 Å². The van der Waals surface area contributed by atoms with Crippen LogP contribution in [0.3, 0.4) is 0 Å². The van der Waals surface area contributed by atoms with Crippen molar-refractivity contribution in [1.82, 2.24) is 0 Å². The third-order valence-electron chi connectivity index (χ3n) is 2.83. The van der Waals surface area contributed by atoms with Crippen molar-refractivity contribution in [3.63, 3.8) is 0 Å². The molecule has 2 heterocycles. The Bertz CT molecular complexity index is 216. The number of hydrogen-bond acceptors (Lipinski definition) is 3. The van der Waals surface area contributed by atoms with Crippen LogP contribution in [-0.2, 0) is 14.3 Å². The lowest BCUT2D eigenvalue weighted by Crippen LogP contribution is -2.47. The maximum atomic E-state index is 11.4. The van der Waals surface area contributed by atoms with Crippen LogP contribution in [0.4, 0.5) is 0 Å². The Hall–Kier alpha value is -0.570. The molecule has 0 atom stereocenters. The molecule has 3 aliphatic rings. The van der Waals surface area contributed by atoms with E-state index in [-0.39, 0.29) is 17.0 Å². The van der Waals surface area contributed by atoms with Crippen LogP contribution < -0.4 is 0 Å². The maximum Gasteiger partial charge on any atom is 0.314 e. The second-order valence-electron chi connectivity index (χ2n) is 4.09. The first-order chi connectivity index (χ1) is 5.60. The van der Waals surface area contributed by atoms with Gasteiger partial charge in [0.15, 0.2) is 0 Å². The van der Waals surface area contributed by atoms with E-state index in [1.165, 1.54) is 0 Å². The molecule has 1 aliphatic carbocycles. The molecular weight excluding hydrogens is 156 g/mol. The number of rotatable bonds is 2. The molecule has 3 rings (SSSR count). The van der Waals surface area contributed by atoms with Gasteiger partial charge in [-0.05, 0) is 26.7 Å². The van der Waals surface area contributed by atoms with E-state index in [4.69, 9.17) is 9.47 Å². The van der Waals surface area contributed by atoms with Crippen LogP contribution in [-0.4, -0.2) is 24.8 Å². The number of carbonyl (C=O) groups excluding carboxylic acids is 1. The number of carbonyl (C=O) groups is 1. The normalized spacial score (nSPS) is 43.8. The lowest BCUT2D eigenvalue weighted by molar-refractivity contribution is -0.159. The summed E-state index contributed by atoms with van der Waals surface area (Å²) in [4.78, 5) is 11.4. The third kappa shape index (κ3) is 0.891. The van der Waals surface area contributed by atoms with Gasteiger partial charge >= 0.3 is 5.97 Å². The Kier molecular flexibility index (Phi) is 1.49. The zero-order valence-electron chi connectivity index (χ0n) is 7.55. The Labute approximate surface area is 72.0 Å². The van der Waals surface area contributed by atoms with Gasteiger partial charge in [-0.15, -0.1) is 0 Å². The first kappa shape index (κ1) is 8.05. The second kappa shape index (κ2) is 2.22. The largest absolute Gasteiger partial charge is 0.465 e. The molecule has 0 N–H and O–H groups in total. The van der Waals surface area contributed by atoms with E-state index >= 15 is 0 Å². The van der Waals surface area contributed by atoms with Gasteiger partial charge in [-0.3, -0.25) is 4.79 Å². The van der Waals surface area contributed by atoms with Gasteiger partial charge in [0.05, 0.1) is 24.2 Å². The Morgan fingerprint density at radius 2 is 2.25 bits per heavy atom. The van der Waals surface area contributed by atoms with Crippen molar-refractivity contribution in [3.8, 4) is 0 Å². The fourth-order valence-corrected chi connectivity index (χ4v) is 2.38. The van der Waals surface area contributed by atoms with Gasteiger partial charge in [-0.1, -0.05) is 0 Å². The zero-order chi connectivity index (χ0) is 8.82. The summed E-state index contributed by atoms with van der Waals surface area (Å²) in [5, 5.41) is 0. The Morgan fingerprint density at radius 3 is 2.67 bits per heavy atom. The van der Waals surface area contributed by atoms with Gasteiger partial charge in [0.2, 0.25) is 0 Å². The molecule has 68 valence electrons. The molecule has 2 bridgehead atoms. The summed E-state index contributed by atoms with van der Waals surface area (Å²) in [5.41, 5.74) is -0.294. The molecule has 0 spiro atoms. The Morgan fingerprint density at radius 1 is 1.58 bits per heavy atom. The summed E-state index contributed by atoms with van der Waals surface area (Å²) in [7, 11) is 0. The van der Waals surface area contributed by atoms with Crippen molar-refractivity contribution in [1.29, 1.82) is 0 Å². The van der Waals surface area contributed by atoms with E-state index in [9.17, 15) is 4.79 Å². The molecule has 3 fully saturated rings. The van der Waals surface area contributed by atoms with Crippen molar-refractivity contribution in [3.05, 3.63) is 0 Å². The molecule has 0 aromatic heterocycles. The van der Waals surface area contributed by atoms with E-state index in [0.29, 0.717) is 13.2 Å². The molecule has 2 aliphatic heterocycles. The van der Waals surface area contributed by atoms with Crippen molar-refractivity contribution >= 4 is 5.97 Å². The van der Waals surface area contributed by atoms with Gasteiger partial charge in [-0.2, -0.15) is 0 Å². The smallest absolute Gasteiger partial charge is 0.314 e. The molecule has 3 heteroatoms. The molecule has 0 amide bonds. The third-order valence-corrected chi connectivity index (χ3v) is 2.83. The molecule has 1 saturated carbocycles. The van der Waals surface area contributed by atoms with Crippen LogP contribution in [0, 0.1) is 5.41 Å². The molecule has 0 aromatic carbocycles. The number of hydrogen-bond donors (Lipinski definition) is 0. The van der Waals surface area contributed by atoms with E-state index in [0.717, 1.165) is 12.8 Å². The van der Waals surface area contributed by atoms with Gasteiger partial charge < -0.3 is 9.47 Å². The molecule has 3 nitrogen and oxygen atoms in total.